The van der Waals surface area contributed by atoms with Crippen molar-refractivity contribution >= 4 is 0 Å². The number of hydrogen-bond acceptors (Lipinski definition) is 2. The second-order valence-corrected chi connectivity index (χ2v) is 4.62. The Morgan fingerprint density at radius 1 is 1.07 bits per heavy atom. The fourth-order valence-electron chi connectivity index (χ4n) is 1.21. The Bertz CT molecular complexity index is 335. The SMILES string of the molecule is Cc1cc(OC(C)(C)C)c(C)cc1O. The van der Waals surface area contributed by atoms with Crippen LogP contribution in [0.1, 0.15) is 31.9 Å². The van der Waals surface area contributed by atoms with E-state index in [0.29, 0.717) is 5.75 Å². The van der Waals surface area contributed by atoms with Gasteiger partial charge in [-0.3, -0.25) is 0 Å². The molecule has 2 nitrogen and oxygen atoms in total. The van der Waals surface area contributed by atoms with Crippen LogP contribution in [0.5, 0.6) is 11.5 Å². The van der Waals surface area contributed by atoms with Crippen molar-refractivity contribution in [1.29, 1.82) is 0 Å². The van der Waals surface area contributed by atoms with Gasteiger partial charge in [-0.2, -0.15) is 0 Å². The Morgan fingerprint density at radius 3 is 2.14 bits per heavy atom. The van der Waals surface area contributed by atoms with Gasteiger partial charge in [-0.25, -0.2) is 0 Å². The van der Waals surface area contributed by atoms with Crippen molar-refractivity contribution in [1.82, 2.24) is 0 Å². The van der Waals surface area contributed by atoms with E-state index in [4.69, 9.17) is 4.74 Å². The number of aryl methyl sites for hydroxylation is 2. The summed E-state index contributed by atoms with van der Waals surface area (Å²) in [7, 11) is 0. The summed E-state index contributed by atoms with van der Waals surface area (Å²) in [5, 5.41) is 9.47. The number of phenols is 1. The normalized spacial score (nSPS) is 11.5. The first kappa shape index (κ1) is 10.9. The van der Waals surface area contributed by atoms with Crippen LogP contribution in [-0.2, 0) is 0 Å². The van der Waals surface area contributed by atoms with Crippen molar-refractivity contribution in [2.24, 2.45) is 0 Å². The predicted octanol–water partition coefficient (Wildman–Crippen LogP) is 3.19. The van der Waals surface area contributed by atoms with Crippen LogP contribution in [0.15, 0.2) is 12.1 Å². The highest BCUT2D eigenvalue weighted by molar-refractivity contribution is 5.44. The number of rotatable bonds is 1. The molecule has 0 saturated heterocycles. The molecule has 0 heterocycles. The molecule has 14 heavy (non-hydrogen) atoms. The van der Waals surface area contributed by atoms with E-state index in [-0.39, 0.29) is 5.60 Å². The summed E-state index contributed by atoms with van der Waals surface area (Å²) in [5.74, 6) is 1.16. The highest BCUT2D eigenvalue weighted by Crippen LogP contribution is 2.29. The number of hydrogen-bond donors (Lipinski definition) is 1. The van der Waals surface area contributed by atoms with Gasteiger partial charge in [-0.1, -0.05) is 0 Å². The van der Waals surface area contributed by atoms with E-state index < -0.39 is 0 Å². The summed E-state index contributed by atoms with van der Waals surface area (Å²) in [4.78, 5) is 0. The van der Waals surface area contributed by atoms with Gasteiger partial charge in [0, 0.05) is 0 Å². The summed E-state index contributed by atoms with van der Waals surface area (Å²) < 4.78 is 5.76. The number of phenolic OH excluding ortho intramolecular Hbond substituents is 1. The van der Waals surface area contributed by atoms with E-state index in [1.807, 2.05) is 40.7 Å². The molecule has 0 aliphatic heterocycles. The van der Waals surface area contributed by atoms with Crippen LogP contribution in [0.2, 0.25) is 0 Å². The lowest BCUT2D eigenvalue weighted by molar-refractivity contribution is 0.129. The molecule has 1 aromatic rings. The van der Waals surface area contributed by atoms with Crippen LogP contribution < -0.4 is 4.74 Å². The smallest absolute Gasteiger partial charge is 0.123 e. The topological polar surface area (TPSA) is 29.5 Å². The standard InChI is InChI=1S/C12H18O2/c1-8-7-11(14-12(3,4)5)9(2)6-10(8)13/h6-7,13H,1-5H3. The molecule has 1 N–H and O–H groups in total. The highest BCUT2D eigenvalue weighted by atomic mass is 16.5. The lowest BCUT2D eigenvalue weighted by atomic mass is 10.1. The molecule has 0 saturated carbocycles. The lowest BCUT2D eigenvalue weighted by Crippen LogP contribution is -2.23. The molecule has 0 amide bonds. The molecule has 2 heteroatoms. The van der Waals surface area contributed by atoms with E-state index in [1.54, 1.807) is 6.07 Å². The molecule has 0 aliphatic carbocycles. The summed E-state index contributed by atoms with van der Waals surface area (Å²) in [6.45, 7) is 9.82. The molecular weight excluding hydrogens is 176 g/mol. The van der Waals surface area contributed by atoms with E-state index in [2.05, 4.69) is 0 Å². The molecule has 0 bridgehead atoms. The van der Waals surface area contributed by atoms with E-state index in [0.717, 1.165) is 16.9 Å². The third kappa shape index (κ3) is 2.66. The molecule has 0 radical (unpaired) electrons. The van der Waals surface area contributed by atoms with Gasteiger partial charge in [0.1, 0.15) is 17.1 Å². The molecule has 1 aromatic carbocycles. The lowest BCUT2D eigenvalue weighted by Gasteiger charge is -2.23. The van der Waals surface area contributed by atoms with Crippen molar-refractivity contribution in [2.75, 3.05) is 0 Å². The molecule has 0 unspecified atom stereocenters. The van der Waals surface area contributed by atoms with Crippen LogP contribution in [0, 0.1) is 13.8 Å². The number of aromatic hydroxyl groups is 1. The van der Waals surface area contributed by atoms with Crippen molar-refractivity contribution in [3.05, 3.63) is 23.3 Å². The average molecular weight is 194 g/mol. The van der Waals surface area contributed by atoms with Gasteiger partial charge in [-0.05, 0) is 57.9 Å². The minimum atomic E-state index is -0.200. The second kappa shape index (κ2) is 3.52. The molecule has 1 rings (SSSR count). The van der Waals surface area contributed by atoms with Gasteiger partial charge in [0.25, 0.3) is 0 Å². The molecule has 0 atom stereocenters. The van der Waals surface area contributed by atoms with Crippen LogP contribution in [0.4, 0.5) is 0 Å². The Morgan fingerprint density at radius 2 is 1.64 bits per heavy atom. The Kier molecular flexibility index (Phi) is 2.74. The average Bonchev–Trinajstić information content (AvgIpc) is 1.97. The third-order valence-electron chi connectivity index (χ3n) is 1.91. The van der Waals surface area contributed by atoms with Crippen LogP contribution in [0.25, 0.3) is 0 Å². The third-order valence-corrected chi connectivity index (χ3v) is 1.91. The monoisotopic (exact) mass is 194 g/mol. The van der Waals surface area contributed by atoms with Crippen molar-refractivity contribution in [2.45, 2.75) is 40.2 Å². The van der Waals surface area contributed by atoms with Gasteiger partial charge >= 0.3 is 0 Å². The first-order valence-electron chi connectivity index (χ1n) is 4.79. The van der Waals surface area contributed by atoms with Crippen LogP contribution in [0.3, 0.4) is 0 Å². The van der Waals surface area contributed by atoms with E-state index in [9.17, 15) is 5.11 Å². The second-order valence-electron chi connectivity index (χ2n) is 4.62. The largest absolute Gasteiger partial charge is 0.508 e. The molecule has 78 valence electrons. The highest BCUT2D eigenvalue weighted by Gasteiger charge is 2.14. The maximum atomic E-state index is 9.47. The fourth-order valence-corrected chi connectivity index (χ4v) is 1.21. The Labute approximate surface area is 85.5 Å². The molecule has 0 aromatic heterocycles. The molecule has 0 spiro atoms. The van der Waals surface area contributed by atoms with Gasteiger partial charge in [-0.15, -0.1) is 0 Å². The van der Waals surface area contributed by atoms with Gasteiger partial charge < -0.3 is 9.84 Å². The summed E-state index contributed by atoms with van der Waals surface area (Å²) in [6.07, 6.45) is 0. The van der Waals surface area contributed by atoms with Crippen molar-refractivity contribution in [3.8, 4) is 11.5 Å². The summed E-state index contributed by atoms with van der Waals surface area (Å²) >= 11 is 0. The maximum absolute atomic E-state index is 9.47. The quantitative estimate of drug-likeness (QED) is 0.744. The van der Waals surface area contributed by atoms with Crippen molar-refractivity contribution < 1.29 is 9.84 Å². The zero-order valence-electron chi connectivity index (χ0n) is 9.51. The first-order chi connectivity index (χ1) is 6.29. The number of ether oxygens (including phenoxy) is 1. The van der Waals surface area contributed by atoms with Crippen molar-refractivity contribution in [3.63, 3.8) is 0 Å². The minimum absolute atomic E-state index is 0.200. The molecule has 0 aliphatic rings. The fraction of sp³-hybridized carbons (Fsp3) is 0.500. The summed E-state index contributed by atoms with van der Waals surface area (Å²) in [5.41, 5.74) is 1.60. The Balaban J connectivity index is 3.04. The minimum Gasteiger partial charge on any atom is -0.508 e. The summed E-state index contributed by atoms with van der Waals surface area (Å²) in [6, 6.07) is 3.60. The predicted molar refractivity (Wildman–Crippen MR) is 58.0 cm³/mol. The molecule has 0 fully saturated rings. The van der Waals surface area contributed by atoms with Crippen LogP contribution >= 0.6 is 0 Å². The van der Waals surface area contributed by atoms with Gasteiger partial charge in [0.2, 0.25) is 0 Å². The van der Waals surface area contributed by atoms with E-state index in [1.165, 1.54) is 0 Å². The first-order valence-corrected chi connectivity index (χ1v) is 4.79. The zero-order chi connectivity index (χ0) is 10.9. The van der Waals surface area contributed by atoms with Gasteiger partial charge in [0.15, 0.2) is 0 Å². The zero-order valence-corrected chi connectivity index (χ0v) is 9.51. The van der Waals surface area contributed by atoms with Crippen LogP contribution in [-0.4, -0.2) is 10.7 Å². The van der Waals surface area contributed by atoms with Gasteiger partial charge in [0.05, 0.1) is 0 Å². The van der Waals surface area contributed by atoms with E-state index >= 15 is 0 Å². The number of benzene rings is 1. The maximum Gasteiger partial charge on any atom is 0.123 e. The molecular formula is C12H18O2. The Hall–Kier alpha value is -1.18.